The van der Waals surface area contributed by atoms with Gasteiger partial charge in [0.2, 0.25) is 0 Å². The van der Waals surface area contributed by atoms with Crippen LogP contribution in [0.25, 0.3) is 0 Å². The van der Waals surface area contributed by atoms with Crippen molar-refractivity contribution in [2.24, 2.45) is 0 Å². The Bertz CT molecular complexity index is 122. The lowest BCUT2D eigenvalue weighted by Crippen LogP contribution is -2.21. The summed E-state index contributed by atoms with van der Waals surface area (Å²) < 4.78 is 10.5. The molecule has 1 atom stereocenters. The van der Waals surface area contributed by atoms with Crippen molar-refractivity contribution in [1.82, 2.24) is 5.32 Å². The van der Waals surface area contributed by atoms with Crippen molar-refractivity contribution in [2.75, 3.05) is 25.1 Å². The number of halogens is 1. The Hall–Kier alpha value is 0.140. The first-order valence-corrected chi connectivity index (χ1v) is 5.07. The molecule has 2 nitrogen and oxygen atoms in total. The van der Waals surface area contributed by atoms with E-state index in [9.17, 15) is 4.21 Å². The summed E-state index contributed by atoms with van der Waals surface area (Å²) in [5.74, 6) is 0.671. The Kier molecular flexibility index (Phi) is 5.97. The molecule has 0 aromatic carbocycles. The molecule has 0 heterocycles. The second-order valence-corrected chi connectivity index (χ2v) is 4.06. The molecule has 0 bridgehead atoms. The van der Waals surface area contributed by atoms with Gasteiger partial charge < -0.3 is 5.32 Å². The predicted molar refractivity (Wildman–Crippen MR) is 46.8 cm³/mol. The van der Waals surface area contributed by atoms with E-state index in [0.29, 0.717) is 17.3 Å². The van der Waals surface area contributed by atoms with Gasteiger partial charge in [-0.3, -0.25) is 4.21 Å². The van der Waals surface area contributed by atoms with E-state index in [2.05, 4.69) is 11.9 Å². The molecule has 1 unspecified atom stereocenters. The van der Waals surface area contributed by atoms with Crippen molar-refractivity contribution < 1.29 is 4.21 Å². The molecule has 4 heteroatoms. The molecule has 60 valence electrons. The van der Waals surface area contributed by atoms with E-state index in [1.807, 2.05) is 0 Å². The molecule has 0 aromatic rings. The minimum atomic E-state index is -0.716. The molecular weight excluding hydrogens is 170 g/mol. The molecule has 0 aliphatic carbocycles. The van der Waals surface area contributed by atoms with E-state index in [1.54, 1.807) is 6.26 Å². The highest BCUT2D eigenvalue weighted by Gasteiger charge is 1.90. The fourth-order valence-corrected chi connectivity index (χ4v) is 0.966. The highest BCUT2D eigenvalue weighted by molar-refractivity contribution is 7.84. The molecule has 0 aliphatic heterocycles. The smallest absolute Gasteiger partial charge is 0.0357 e. The lowest BCUT2D eigenvalue weighted by molar-refractivity contribution is 0.682. The second kappa shape index (κ2) is 5.89. The van der Waals surface area contributed by atoms with Gasteiger partial charge in [0.05, 0.1) is 0 Å². The van der Waals surface area contributed by atoms with Crippen molar-refractivity contribution >= 4 is 22.4 Å². The number of nitrogens with one attached hydrogen (secondary N) is 1. The van der Waals surface area contributed by atoms with Crippen LogP contribution in [0.15, 0.2) is 11.6 Å². The Balaban J connectivity index is 3.06. The zero-order valence-electron chi connectivity index (χ0n) is 6.02. The minimum absolute atomic E-state index is 0.585. The van der Waals surface area contributed by atoms with Gasteiger partial charge in [-0.05, 0) is 0 Å². The van der Waals surface area contributed by atoms with Gasteiger partial charge in [0.25, 0.3) is 0 Å². The highest BCUT2D eigenvalue weighted by atomic mass is 35.5. The molecule has 0 spiro atoms. The summed E-state index contributed by atoms with van der Waals surface area (Å²) in [6, 6.07) is 0. The van der Waals surface area contributed by atoms with Gasteiger partial charge in [-0.1, -0.05) is 18.2 Å². The van der Waals surface area contributed by atoms with Crippen molar-refractivity contribution in [3.63, 3.8) is 0 Å². The summed E-state index contributed by atoms with van der Waals surface area (Å²) in [6.45, 7) is 4.83. The first-order valence-electron chi connectivity index (χ1n) is 2.97. The van der Waals surface area contributed by atoms with Crippen LogP contribution in [0.4, 0.5) is 0 Å². The van der Waals surface area contributed by atoms with E-state index < -0.39 is 10.8 Å². The zero-order chi connectivity index (χ0) is 7.98. The zero-order valence-corrected chi connectivity index (χ0v) is 7.60. The maximum Gasteiger partial charge on any atom is 0.0357 e. The Morgan fingerprint density at radius 1 is 1.80 bits per heavy atom. The third-order valence-electron chi connectivity index (χ3n) is 0.883. The molecule has 0 radical (unpaired) electrons. The van der Waals surface area contributed by atoms with Gasteiger partial charge in [0.15, 0.2) is 0 Å². The normalized spacial score (nSPS) is 13.0. The van der Waals surface area contributed by atoms with E-state index in [1.165, 1.54) is 0 Å². The number of hydrogen-bond donors (Lipinski definition) is 1. The Morgan fingerprint density at radius 3 is 2.80 bits per heavy atom. The second-order valence-electron chi connectivity index (χ2n) is 1.97. The van der Waals surface area contributed by atoms with Crippen molar-refractivity contribution in [3.05, 3.63) is 11.6 Å². The SMILES string of the molecule is C=C(Cl)CNCCS(C)=O. The average molecular weight is 182 g/mol. The lowest BCUT2D eigenvalue weighted by atomic mass is 10.6. The van der Waals surface area contributed by atoms with Crippen LogP contribution in [0.2, 0.25) is 0 Å². The van der Waals surface area contributed by atoms with E-state index >= 15 is 0 Å². The van der Waals surface area contributed by atoms with Gasteiger partial charge in [0.1, 0.15) is 0 Å². The van der Waals surface area contributed by atoms with Crippen molar-refractivity contribution in [2.45, 2.75) is 0 Å². The molecule has 0 saturated carbocycles. The van der Waals surface area contributed by atoms with Crippen LogP contribution in [0.5, 0.6) is 0 Å². The predicted octanol–water partition coefficient (Wildman–Crippen LogP) is 0.707. The topological polar surface area (TPSA) is 29.1 Å². The van der Waals surface area contributed by atoms with Gasteiger partial charge in [-0.15, -0.1) is 0 Å². The van der Waals surface area contributed by atoms with Crippen LogP contribution >= 0.6 is 11.6 Å². The Morgan fingerprint density at radius 2 is 2.40 bits per heavy atom. The van der Waals surface area contributed by atoms with Gasteiger partial charge >= 0.3 is 0 Å². The van der Waals surface area contributed by atoms with E-state index in [-0.39, 0.29) is 0 Å². The highest BCUT2D eigenvalue weighted by Crippen LogP contribution is 1.91. The fraction of sp³-hybridized carbons (Fsp3) is 0.667. The first kappa shape index (κ1) is 10.1. The summed E-state index contributed by atoms with van der Waals surface area (Å²) in [4.78, 5) is 0. The van der Waals surface area contributed by atoms with Crippen molar-refractivity contribution in [3.8, 4) is 0 Å². The van der Waals surface area contributed by atoms with Crippen LogP contribution in [-0.4, -0.2) is 29.3 Å². The maximum atomic E-state index is 10.5. The fourth-order valence-electron chi connectivity index (χ4n) is 0.440. The van der Waals surface area contributed by atoms with Crippen LogP contribution in [-0.2, 0) is 10.8 Å². The molecule has 1 N–H and O–H groups in total. The van der Waals surface area contributed by atoms with Crippen LogP contribution in [0, 0.1) is 0 Å². The van der Waals surface area contributed by atoms with E-state index in [4.69, 9.17) is 11.6 Å². The molecule has 0 amide bonds. The molecule has 10 heavy (non-hydrogen) atoms. The third kappa shape index (κ3) is 8.14. The number of rotatable bonds is 5. The van der Waals surface area contributed by atoms with Crippen LogP contribution in [0.3, 0.4) is 0 Å². The quantitative estimate of drug-likeness (QED) is 0.633. The lowest BCUT2D eigenvalue weighted by Gasteiger charge is -1.99. The van der Waals surface area contributed by atoms with Gasteiger partial charge in [-0.25, -0.2) is 0 Å². The summed E-state index contributed by atoms with van der Waals surface area (Å²) in [6.07, 6.45) is 1.68. The summed E-state index contributed by atoms with van der Waals surface area (Å²) in [5.41, 5.74) is 0. The number of hydrogen-bond acceptors (Lipinski definition) is 2. The summed E-state index contributed by atoms with van der Waals surface area (Å²) in [7, 11) is -0.716. The molecule has 0 rings (SSSR count). The summed E-state index contributed by atoms with van der Waals surface area (Å²) in [5, 5.41) is 3.58. The van der Waals surface area contributed by atoms with Crippen molar-refractivity contribution in [1.29, 1.82) is 0 Å². The van der Waals surface area contributed by atoms with Gasteiger partial charge in [0, 0.05) is 40.9 Å². The molecule has 0 saturated heterocycles. The largest absolute Gasteiger partial charge is 0.311 e. The summed E-state index contributed by atoms with van der Waals surface area (Å²) >= 11 is 5.46. The molecular formula is C6H12ClNOS. The molecule has 0 aromatic heterocycles. The monoisotopic (exact) mass is 181 g/mol. The van der Waals surface area contributed by atoms with E-state index in [0.717, 1.165) is 6.54 Å². The van der Waals surface area contributed by atoms with Crippen LogP contribution in [0.1, 0.15) is 0 Å². The first-order chi connectivity index (χ1) is 4.63. The molecule has 0 aliphatic rings. The van der Waals surface area contributed by atoms with Gasteiger partial charge in [-0.2, -0.15) is 0 Å². The standard InChI is InChI=1S/C6H12ClNOS/c1-6(7)5-8-3-4-10(2)9/h8H,1,3-5H2,2H3. The minimum Gasteiger partial charge on any atom is -0.311 e. The Labute approximate surface area is 69.1 Å². The maximum absolute atomic E-state index is 10.5. The average Bonchev–Trinajstić information content (AvgIpc) is 1.79. The van der Waals surface area contributed by atoms with Crippen LogP contribution < -0.4 is 5.32 Å². The third-order valence-corrected chi connectivity index (χ3v) is 1.80. The molecule has 0 fully saturated rings.